The fourth-order valence-electron chi connectivity index (χ4n) is 2.74. The fourth-order valence-corrected chi connectivity index (χ4v) is 2.74. The van der Waals surface area contributed by atoms with Gasteiger partial charge in [-0.05, 0) is 38.8 Å². The molecular weight excluding hydrogens is 254 g/mol. The summed E-state index contributed by atoms with van der Waals surface area (Å²) in [6.07, 6.45) is 3.35. The van der Waals surface area contributed by atoms with Crippen LogP contribution in [0.4, 0.5) is 5.82 Å². The Bertz CT molecular complexity index is 565. The maximum atomic E-state index is 11.6. The lowest BCUT2D eigenvalue weighted by Gasteiger charge is -2.38. The van der Waals surface area contributed by atoms with Crippen LogP contribution in [0.25, 0.3) is 0 Å². The number of nitrogens with one attached hydrogen (secondary N) is 1. The Morgan fingerprint density at radius 2 is 2.30 bits per heavy atom. The highest BCUT2D eigenvalue weighted by atomic mass is 16.4. The van der Waals surface area contributed by atoms with E-state index in [1.807, 2.05) is 6.92 Å². The van der Waals surface area contributed by atoms with E-state index in [1.54, 1.807) is 19.1 Å². The number of rotatable bonds is 3. The predicted octanol–water partition coefficient (Wildman–Crippen LogP) is 2.71. The van der Waals surface area contributed by atoms with Gasteiger partial charge in [0.15, 0.2) is 0 Å². The maximum absolute atomic E-state index is 11.6. The third-order valence-electron chi connectivity index (χ3n) is 4.16. The Morgan fingerprint density at radius 3 is 2.95 bits per heavy atom. The molecule has 0 aromatic carbocycles. The van der Waals surface area contributed by atoms with Gasteiger partial charge in [-0.15, -0.1) is 0 Å². The molecule has 0 spiro atoms. The molecule has 2 N–H and O–H groups in total. The van der Waals surface area contributed by atoms with Gasteiger partial charge in [0.1, 0.15) is 11.9 Å². The summed E-state index contributed by atoms with van der Waals surface area (Å²) in [5.41, 5.74) is 0.449. The number of nitriles is 1. The van der Waals surface area contributed by atoms with Gasteiger partial charge in [0.25, 0.3) is 0 Å². The molecule has 1 aromatic heterocycles. The second kappa shape index (κ2) is 5.49. The number of aryl methyl sites for hydroxylation is 1. The van der Waals surface area contributed by atoms with Crippen molar-refractivity contribution < 1.29 is 9.90 Å². The summed E-state index contributed by atoms with van der Waals surface area (Å²) >= 11 is 0. The van der Waals surface area contributed by atoms with Crippen molar-refractivity contribution in [2.75, 3.05) is 5.32 Å². The van der Waals surface area contributed by atoms with Gasteiger partial charge in [0.2, 0.25) is 0 Å². The molecule has 1 aromatic rings. The molecule has 5 heteroatoms. The number of carbonyl (C=O) groups is 1. The Kier molecular flexibility index (Phi) is 3.93. The molecule has 0 amide bonds. The summed E-state index contributed by atoms with van der Waals surface area (Å²) < 4.78 is 0. The molecule has 0 bridgehead atoms. The molecular formula is C15H19N3O2. The summed E-state index contributed by atoms with van der Waals surface area (Å²) in [5.74, 6) is -0.298. The van der Waals surface area contributed by atoms with Crippen LogP contribution in [0, 0.1) is 23.7 Å². The predicted molar refractivity (Wildman–Crippen MR) is 75.3 cm³/mol. The van der Waals surface area contributed by atoms with Gasteiger partial charge in [-0.1, -0.05) is 12.8 Å². The Hall–Kier alpha value is -2.09. The first-order valence-electron chi connectivity index (χ1n) is 6.85. The van der Waals surface area contributed by atoms with Crippen LogP contribution in [-0.4, -0.2) is 22.1 Å². The summed E-state index contributed by atoms with van der Waals surface area (Å²) in [7, 11) is 0. The number of nitrogens with zero attached hydrogens (tertiary/aromatic N) is 2. The van der Waals surface area contributed by atoms with E-state index in [0.717, 1.165) is 25.0 Å². The summed E-state index contributed by atoms with van der Waals surface area (Å²) in [6, 6.07) is 5.39. The third kappa shape index (κ3) is 2.60. The molecule has 0 aliphatic heterocycles. The van der Waals surface area contributed by atoms with Crippen molar-refractivity contribution in [3.05, 3.63) is 23.4 Å². The van der Waals surface area contributed by atoms with Gasteiger partial charge in [0, 0.05) is 11.7 Å². The first-order chi connectivity index (χ1) is 9.47. The lowest BCUT2D eigenvalue weighted by atomic mass is 9.71. The molecule has 1 aliphatic rings. The van der Waals surface area contributed by atoms with Crippen molar-refractivity contribution in [2.45, 2.75) is 45.6 Å². The third-order valence-corrected chi connectivity index (χ3v) is 4.16. The van der Waals surface area contributed by atoms with Gasteiger partial charge < -0.3 is 10.4 Å². The van der Waals surface area contributed by atoms with E-state index in [-0.39, 0.29) is 6.04 Å². The second-order valence-corrected chi connectivity index (χ2v) is 5.63. The molecule has 20 heavy (non-hydrogen) atoms. The molecule has 2 unspecified atom stereocenters. The fraction of sp³-hybridized carbons (Fsp3) is 0.533. The lowest BCUT2D eigenvalue weighted by Crippen LogP contribution is -2.46. The average molecular weight is 273 g/mol. The molecule has 0 radical (unpaired) electrons. The van der Waals surface area contributed by atoms with E-state index in [9.17, 15) is 9.90 Å². The number of pyridine rings is 1. The first kappa shape index (κ1) is 14.3. The second-order valence-electron chi connectivity index (χ2n) is 5.63. The van der Waals surface area contributed by atoms with Crippen LogP contribution in [0.2, 0.25) is 0 Å². The van der Waals surface area contributed by atoms with Crippen molar-refractivity contribution in [2.24, 2.45) is 5.41 Å². The number of aliphatic carboxylic acids is 1. The zero-order chi connectivity index (χ0) is 14.8. The minimum absolute atomic E-state index is 0.199. The van der Waals surface area contributed by atoms with Crippen LogP contribution in [0.1, 0.15) is 43.9 Å². The molecule has 1 saturated carbocycles. The van der Waals surface area contributed by atoms with E-state index >= 15 is 0 Å². The monoisotopic (exact) mass is 273 g/mol. The van der Waals surface area contributed by atoms with Crippen LogP contribution in [0.5, 0.6) is 0 Å². The van der Waals surface area contributed by atoms with Crippen LogP contribution in [0.15, 0.2) is 12.1 Å². The molecule has 106 valence electrons. The number of hydrogen-bond acceptors (Lipinski definition) is 4. The van der Waals surface area contributed by atoms with Crippen molar-refractivity contribution in [3.8, 4) is 6.07 Å². The topological polar surface area (TPSA) is 86.0 Å². The standard InChI is InChI=1S/C15H19N3O2/c1-10-6-7-11(9-16)13(17-10)18-12-5-3-4-8-15(12,2)14(19)20/h6-7,12H,3-5,8H2,1-2H3,(H,17,18)(H,19,20). The van der Waals surface area contributed by atoms with E-state index in [2.05, 4.69) is 16.4 Å². The van der Waals surface area contributed by atoms with Gasteiger partial charge in [0.05, 0.1) is 11.0 Å². The smallest absolute Gasteiger partial charge is 0.311 e. The van der Waals surface area contributed by atoms with E-state index in [4.69, 9.17) is 5.26 Å². The number of carboxylic acids is 1. The highest BCUT2D eigenvalue weighted by molar-refractivity contribution is 5.76. The first-order valence-corrected chi connectivity index (χ1v) is 6.85. The van der Waals surface area contributed by atoms with Gasteiger partial charge in [-0.3, -0.25) is 4.79 Å². The zero-order valence-corrected chi connectivity index (χ0v) is 11.8. The molecule has 1 heterocycles. The van der Waals surface area contributed by atoms with E-state index in [0.29, 0.717) is 17.8 Å². The van der Waals surface area contributed by atoms with Crippen LogP contribution >= 0.6 is 0 Å². The Labute approximate surface area is 118 Å². The molecule has 1 fully saturated rings. The molecule has 1 aliphatic carbocycles. The van der Waals surface area contributed by atoms with Crippen LogP contribution < -0.4 is 5.32 Å². The quantitative estimate of drug-likeness (QED) is 0.884. The van der Waals surface area contributed by atoms with E-state index < -0.39 is 11.4 Å². The minimum atomic E-state index is -0.809. The number of anilines is 1. The minimum Gasteiger partial charge on any atom is -0.481 e. The lowest BCUT2D eigenvalue weighted by molar-refractivity contribution is -0.150. The molecule has 2 atom stereocenters. The molecule has 2 rings (SSSR count). The summed E-state index contributed by atoms with van der Waals surface area (Å²) in [5, 5.41) is 21.8. The molecule has 5 nitrogen and oxygen atoms in total. The summed E-state index contributed by atoms with van der Waals surface area (Å²) in [4.78, 5) is 15.9. The zero-order valence-electron chi connectivity index (χ0n) is 11.8. The van der Waals surface area contributed by atoms with Gasteiger partial charge >= 0.3 is 5.97 Å². The highest BCUT2D eigenvalue weighted by Crippen LogP contribution is 2.38. The number of aromatic nitrogens is 1. The van der Waals surface area contributed by atoms with E-state index in [1.165, 1.54) is 0 Å². The average Bonchev–Trinajstić information content (AvgIpc) is 2.41. The van der Waals surface area contributed by atoms with Crippen LogP contribution in [0.3, 0.4) is 0 Å². The summed E-state index contributed by atoms with van der Waals surface area (Å²) in [6.45, 7) is 3.62. The van der Waals surface area contributed by atoms with Crippen molar-refractivity contribution >= 4 is 11.8 Å². The Balaban J connectivity index is 2.30. The Morgan fingerprint density at radius 1 is 1.55 bits per heavy atom. The molecule has 0 saturated heterocycles. The largest absolute Gasteiger partial charge is 0.481 e. The number of hydrogen-bond donors (Lipinski definition) is 2. The van der Waals surface area contributed by atoms with Crippen molar-refractivity contribution in [1.82, 2.24) is 4.98 Å². The van der Waals surface area contributed by atoms with Gasteiger partial charge in [-0.2, -0.15) is 5.26 Å². The maximum Gasteiger partial charge on any atom is 0.311 e. The van der Waals surface area contributed by atoms with Crippen molar-refractivity contribution in [1.29, 1.82) is 5.26 Å². The SMILES string of the molecule is Cc1ccc(C#N)c(NC2CCCCC2(C)C(=O)O)n1. The van der Waals surface area contributed by atoms with Crippen molar-refractivity contribution in [3.63, 3.8) is 0 Å². The number of carboxylic acid groups (broad SMARTS) is 1. The van der Waals surface area contributed by atoms with Crippen LogP contribution in [-0.2, 0) is 4.79 Å². The highest BCUT2D eigenvalue weighted by Gasteiger charge is 2.43. The normalized spacial score (nSPS) is 25.8. The van der Waals surface area contributed by atoms with Gasteiger partial charge in [-0.25, -0.2) is 4.98 Å².